The van der Waals surface area contributed by atoms with E-state index < -0.39 is 0 Å². The fourth-order valence-corrected chi connectivity index (χ4v) is 2.77. The summed E-state index contributed by atoms with van der Waals surface area (Å²) < 4.78 is 0. The highest BCUT2D eigenvalue weighted by Gasteiger charge is 2.31. The maximum Gasteiger partial charge on any atom is 0.0499 e. The second-order valence-electron chi connectivity index (χ2n) is 5.03. The Bertz CT molecular complexity index is 158. The Morgan fingerprint density at radius 1 is 1.00 bits per heavy atom. The van der Waals surface area contributed by atoms with E-state index in [0.717, 1.165) is 19.6 Å². The molecule has 1 rings (SSSR count). The van der Waals surface area contributed by atoms with Crippen LogP contribution in [0, 0.1) is 5.41 Å². The Hall–Kier alpha value is -0.0800. The zero-order valence-corrected chi connectivity index (χ0v) is 10.5. The highest BCUT2D eigenvalue weighted by molar-refractivity contribution is 4.84. The molecule has 1 saturated carbocycles. The summed E-state index contributed by atoms with van der Waals surface area (Å²) in [6, 6.07) is 0. The summed E-state index contributed by atoms with van der Waals surface area (Å²) in [5, 5.41) is 9.68. The SMILES string of the molecule is CCN(CC)CC1(CO)CCCCCC1. The van der Waals surface area contributed by atoms with Crippen molar-refractivity contribution in [1.29, 1.82) is 0 Å². The van der Waals surface area contributed by atoms with Crippen molar-refractivity contribution in [3.8, 4) is 0 Å². The Morgan fingerprint density at radius 2 is 1.53 bits per heavy atom. The summed E-state index contributed by atoms with van der Waals surface area (Å²) in [6.07, 6.45) is 7.78. The standard InChI is InChI=1S/C13H27NO/c1-3-14(4-2)11-13(12-15)9-7-5-6-8-10-13/h15H,3-12H2,1-2H3. The second kappa shape index (κ2) is 6.49. The molecule has 0 spiro atoms. The van der Waals surface area contributed by atoms with Crippen molar-refractivity contribution < 1.29 is 5.11 Å². The molecule has 0 aromatic carbocycles. The molecule has 15 heavy (non-hydrogen) atoms. The number of aliphatic hydroxyl groups is 1. The largest absolute Gasteiger partial charge is 0.396 e. The van der Waals surface area contributed by atoms with Crippen molar-refractivity contribution in [1.82, 2.24) is 4.90 Å². The number of nitrogens with zero attached hydrogens (tertiary/aromatic N) is 1. The summed E-state index contributed by atoms with van der Waals surface area (Å²) in [4.78, 5) is 2.46. The first-order chi connectivity index (χ1) is 7.26. The van der Waals surface area contributed by atoms with Gasteiger partial charge in [-0.25, -0.2) is 0 Å². The van der Waals surface area contributed by atoms with Crippen LogP contribution in [-0.2, 0) is 0 Å². The zero-order chi connectivity index (χ0) is 11.1. The lowest BCUT2D eigenvalue weighted by molar-refractivity contribution is 0.0632. The van der Waals surface area contributed by atoms with Gasteiger partial charge in [-0.05, 0) is 25.9 Å². The molecule has 1 aliphatic carbocycles. The third-order valence-corrected chi connectivity index (χ3v) is 3.95. The fraction of sp³-hybridized carbons (Fsp3) is 1.00. The predicted octanol–water partition coefficient (Wildman–Crippen LogP) is 2.66. The van der Waals surface area contributed by atoms with Crippen molar-refractivity contribution in [3.05, 3.63) is 0 Å². The summed E-state index contributed by atoms with van der Waals surface area (Å²) in [6.45, 7) is 8.12. The van der Waals surface area contributed by atoms with Gasteiger partial charge in [0.15, 0.2) is 0 Å². The topological polar surface area (TPSA) is 23.5 Å². The molecule has 90 valence electrons. The van der Waals surface area contributed by atoms with Gasteiger partial charge in [-0.3, -0.25) is 0 Å². The van der Waals surface area contributed by atoms with Gasteiger partial charge in [-0.2, -0.15) is 0 Å². The van der Waals surface area contributed by atoms with E-state index in [2.05, 4.69) is 18.7 Å². The number of aliphatic hydroxyl groups excluding tert-OH is 1. The van der Waals surface area contributed by atoms with Crippen LogP contribution in [0.15, 0.2) is 0 Å². The minimum atomic E-state index is 0.211. The molecule has 1 N–H and O–H groups in total. The van der Waals surface area contributed by atoms with Crippen molar-refractivity contribution in [3.63, 3.8) is 0 Å². The quantitative estimate of drug-likeness (QED) is 0.710. The first kappa shape index (κ1) is 13.0. The Morgan fingerprint density at radius 3 is 1.93 bits per heavy atom. The Kier molecular flexibility index (Phi) is 5.62. The van der Waals surface area contributed by atoms with E-state index in [1.165, 1.54) is 38.5 Å². The van der Waals surface area contributed by atoms with E-state index in [-0.39, 0.29) is 5.41 Å². The number of hydrogen-bond donors (Lipinski definition) is 1. The van der Waals surface area contributed by atoms with Crippen LogP contribution in [-0.4, -0.2) is 36.2 Å². The van der Waals surface area contributed by atoms with Gasteiger partial charge < -0.3 is 10.0 Å². The van der Waals surface area contributed by atoms with Gasteiger partial charge in [0.2, 0.25) is 0 Å². The second-order valence-corrected chi connectivity index (χ2v) is 5.03. The third-order valence-electron chi connectivity index (χ3n) is 3.95. The summed E-state index contributed by atoms with van der Waals surface area (Å²) in [5.74, 6) is 0. The summed E-state index contributed by atoms with van der Waals surface area (Å²) in [5.41, 5.74) is 0.211. The summed E-state index contributed by atoms with van der Waals surface area (Å²) >= 11 is 0. The van der Waals surface area contributed by atoms with E-state index in [4.69, 9.17) is 0 Å². The molecule has 0 radical (unpaired) electrons. The molecule has 0 saturated heterocycles. The van der Waals surface area contributed by atoms with E-state index in [1.54, 1.807) is 0 Å². The highest BCUT2D eigenvalue weighted by Crippen LogP contribution is 2.35. The van der Waals surface area contributed by atoms with Crippen LogP contribution >= 0.6 is 0 Å². The van der Waals surface area contributed by atoms with Gasteiger partial charge in [0.1, 0.15) is 0 Å². The van der Waals surface area contributed by atoms with Gasteiger partial charge in [-0.15, -0.1) is 0 Å². The lowest BCUT2D eigenvalue weighted by Crippen LogP contribution is -2.40. The highest BCUT2D eigenvalue weighted by atomic mass is 16.3. The molecule has 0 atom stereocenters. The minimum absolute atomic E-state index is 0.211. The molecule has 2 heteroatoms. The van der Waals surface area contributed by atoms with Crippen LogP contribution in [0.1, 0.15) is 52.4 Å². The fourth-order valence-electron chi connectivity index (χ4n) is 2.77. The normalized spacial score (nSPS) is 21.6. The van der Waals surface area contributed by atoms with Crippen LogP contribution in [0.2, 0.25) is 0 Å². The zero-order valence-electron chi connectivity index (χ0n) is 10.5. The Labute approximate surface area is 94.7 Å². The van der Waals surface area contributed by atoms with E-state index in [0.29, 0.717) is 6.61 Å². The van der Waals surface area contributed by atoms with E-state index >= 15 is 0 Å². The van der Waals surface area contributed by atoms with E-state index in [9.17, 15) is 5.11 Å². The third kappa shape index (κ3) is 3.76. The lowest BCUT2D eigenvalue weighted by Gasteiger charge is -2.35. The minimum Gasteiger partial charge on any atom is -0.396 e. The van der Waals surface area contributed by atoms with Gasteiger partial charge in [0, 0.05) is 18.6 Å². The van der Waals surface area contributed by atoms with Crippen LogP contribution < -0.4 is 0 Å². The lowest BCUT2D eigenvalue weighted by atomic mass is 9.80. The van der Waals surface area contributed by atoms with Crippen molar-refractivity contribution in [2.24, 2.45) is 5.41 Å². The first-order valence-corrected chi connectivity index (χ1v) is 6.59. The maximum atomic E-state index is 9.68. The van der Waals surface area contributed by atoms with Gasteiger partial charge in [0.25, 0.3) is 0 Å². The van der Waals surface area contributed by atoms with Crippen molar-refractivity contribution >= 4 is 0 Å². The van der Waals surface area contributed by atoms with Gasteiger partial charge in [0.05, 0.1) is 0 Å². The monoisotopic (exact) mass is 213 g/mol. The van der Waals surface area contributed by atoms with Crippen LogP contribution in [0.3, 0.4) is 0 Å². The molecule has 0 amide bonds. The van der Waals surface area contributed by atoms with Crippen LogP contribution in [0.25, 0.3) is 0 Å². The molecule has 1 aliphatic rings. The molecule has 0 bridgehead atoms. The van der Waals surface area contributed by atoms with Crippen molar-refractivity contribution in [2.45, 2.75) is 52.4 Å². The average Bonchev–Trinajstić information content (AvgIpc) is 2.52. The molecule has 0 aromatic rings. The average molecular weight is 213 g/mol. The molecule has 0 heterocycles. The molecule has 0 aromatic heterocycles. The molecule has 1 fully saturated rings. The number of hydrogen-bond acceptors (Lipinski definition) is 2. The van der Waals surface area contributed by atoms with E-state index in [1.807, 2.05) is 0 Å². The summed E-state index contributed by atoms with van der Waals surface area (Å²) in [7, 11) is 0. The molecule has 0 aliphatic heterocycles. The smallest absolute Gasteiger partial charge is 0.0499 e. The Balaban J connectivity index is 2.56. The maximum absolute atomic E-state index is 9.68. The first-order valence-electron chi connectivity index (χ1n) is 6.59. The van der Waals surface area contributed by atoms with Crippen molar-refractivity contribution in [2.75, 3.05) is 26.2 Å². The molecule has 2 nitrogen and oxygen atoms in total. The predicted molar refractivity (Wildman–Crippen MR) is 65.0 cm³/mol. The molecule has 0 unspecified atom stereocenters. The van der Waals surface area contributed by atoms with Gasteiger partial charge >= 0.3 is 0 Å². The van der Waals surface area contributed by atoms with Crippen LogP contribution in [0.4, 0.5) is 0 Å². The molecular weight excluding hydrogens is 186 g/mol. The molecular formula is C13H27NO. The van der Waals surface area contributed by atoms with Gasteiger partial charge in [-0.1, -0.05) is 39.5 Å². The number of rotatable bonds is 5. The van der Waals surface area contributed by atoms with Crippen LogP contribution in [0.5, 0.6) is 0 Å².